The number of nitro benzene ring substituents is 1. The first-order valence-electron chi connectivity index (χ1n) is 12.2. The summed E-state index contributed by atoms with van der Waals surface area (Å²) < 4.78 is 0. The summed E-state index contributed by atoms with van der Waals surface area (Å²) >= 11 is 0. The highest BCUT2D eigenvalue weighted by Gasteiger charge is 2.26. The van der Waals surface area contributed by atoms with Crippen LogP contribution in [0.4, 0.5) is 11.4 Å². The second kappa shape index (κ2) is 12.2. The Bertz CT molecular complexity index is 726. The second-order valence-electron chi connectivity index (χ2n) is 9.15. The molecule has 3 rings (SSSR count). The molecule has 0 aromatic heterocycles. The lowest BCUT2D eigenvalue weighted by atomic mass is 10.1. The second-order valence-corrected chi connectivity index (χ2v) is 9.15. The van der Waals surface area contributed by atoms with E-state index in [2.05, 4.69) is 21.6 Å². The number of piperazine rings is 1. The van der Waals surface area contributed by atoms with Crippen molar-refractivity contribution in [2.24, 2.45) is 0 Å². The highest BCUT2D eigenvalue weighted by atomic mass is 16.6. The fraction of sp³-hybridized carbons (Fsp3) is 0.708. The normalized spacial score (nSPS) is 18.5. The quantitative estimate of drug-likeness (QED) is 0.330. The van der Waals surface area contributed by atoms with Gasteiger partial charge in [-0.15, -0.1) is 0 Å². The van der Waals surface area contributed by atoms with E-state index in [0.717, 1.165) is 57.5 Å². The van der Waals surface area contributed by atoms with Crippen molar-refractivity contribution >= 4 is 17.3 Å². The van der Waals surface area contributed by atoms with Crippen LogP contribution in [0.5, 0.6) is 0 Å². The standard InChI is InChI=1S/C24H39N5O3/c1-3-26(22-10-12-23(13-11-22)29(31)32)15-14-25(2)20-24(30)28-18-16-27(17-19-28)21-8-6-4-5-7-9-21/h10-13,21H,3-9,14-20H2,1-2H3. The van der Waals surface area contributed by atoms with Crippen LogP contribution >= 0.6 is 0 Å². The largest absolute Gasteiger partial charge is 0.371 e. The molecule has 1 aromatic rings. The molecule has 0 bridgehead atoms. The fourth-order valence-corrected chi connectivity index (χ4v) is 4.92. The van der Waals surface area contributed by atoms with Crippen LogP contribution in [0.3, 0.4) is 0 Å². The van der Waals surface area contributed by atoms with Crippen LogP contribution in [0.1, 0.15) is 45.4 Å². The van der Waals surface area contributed by atoms with E-state index in [1.807, 2.05) is 11.9 Å². The molecule has 2 aliphatic rings. The van der Waals surface area contributed by atoms with E-state index in [1.165, 1.54) is 38.5 Å². The van der Waals surface area contributed by atoms with Gasteiger partial charge in [-0.3, -0.25) is 24.7 Å². The molecule has 1 aromatic carbocycles. The maximum absolute atomic E-state index is 12.8. The van der Waals surface area contributed by atoms with Crippen LogP contribution in [0.15, 0.2) is 24.3 Å². The molecule has 1 heterocycles. The molecular weight excluding hydrogens is 406 g/mol. The number of nitro groups is 1. The summed E-state index contributed by atoms with van der Waals surface area (Å²) in [6, 6.07) is 7.39. The Balaban J connectivity index is 1.40. The van der Waals surface area contributed by atoms with E-state index < -0.39 is 0 Å². The van der Waals surface area contributed by atoms with Gasteiger partial charge in [0.1, 0.15) is 0 Å². The Labute approximate surface area is 192 Å². The lowest BCUT2D eigenvalue weighted by molar-refractivity contribution is -0.384. The number of non-ortho nitro benzene ring substituents is 1. The summed E-state index contributed by atoms with van der Waals surface area (Å²) in [6.45, 7) is 8.53. The van der Waals surface area contributed by atoms with Crippen LogP contribution < -0.4 is 4.90 Å². The van der Waals surface area contributed by atoms with Gasteiger partial charge in [0.15, 0.2) is 0 Å². The molecule has 1 aliphatic carbocycles. The number of carbonyl (C=O) groups excluding carboxylic acids is 1. The average molecular weight is 446 g/mol. The number of hydrogen-bond donors (Lipinski definition) is 0. The van der Waals surface area contributed by atoms with Gasteiger partial charge in [-0.05, 0) is 38.9 Å². The molecule has 32 heavy (non-hydrogen) atoms. The smallest absolute Gasteiger partial charge is 0.269 e. The number of carbonyl (C=O) groups is 1. The highest BCUT2D eigenvalue weighted by molar-refractivity contribution is 5.78. The van der Waals surface area contributed by atoms with Gasteiger partial charge in [-0.2, -0.15) is 0 Å². The lowest BCUT2D eigenvalue weighted by Gasteiger charge is -2.39. The van der Waals surface area contributed by atoms with Crippen molar-refractivity contribution in [1.82, 2.24) is 14.7 Å². The molecule has 1 saturated carbocycles. The van der Waals surface area contributed by atoms with Crippen molar-refractivity contribution in [3.05, 3.63) is 34.4 Å². The Morgan fingerprint density at radius 2 is 1.66 bits per heavy atom. The molecule has 178 valence electrons. The molecule has 0 spiro atoms. The van der Waals surface area contributed by atoms with Crippen LogP contribution in [0.25, 0.3) is 0 Å². The van der Waals surface area contributed by atoms with Gasteiger partial charge in [-0.1, -0.05) is 25.7 Å². The predicted octanol–water partition coefficient (Wildman–Crippen LogP) is 3.22. The SMILES string of the molecule is CCN(CCN(C)CC(=O)N1CCN(C2CCCCCC2)CC1)c1ccc([N+](=O)[O-])cc1. The minimum absolute atomic E-state index is 0.103. The number of nitrogens with zero attached hydrogens (tertiary/aromatic N) is 5. The summed E-state index contributed by atoms with van der Waals surface area (Å²) in [5.74, 6) is 0.214. The van der Waals surface area contributed by atoms with Crippen molar-refractivity contribution in [1.29, 1.82) is 0 Å². The van der Waals surface area contributed by atoms with Crippen LogP contribution in [0, 0.1) is 10.1 Å². The molecule has 8 heteroatoms. The van der Waals surface area contributed by atoms with E-state index in [9.17, 15) is 14.9 Å². The monoisotopic (exact) mass is 445 g/mol. The zero-order valence-electron chi connectivity index (χ0n) is 19.7. The Hall–Kier alpha value is -2.19. The summed E-state index contributed by atoms with van der Waals surface area (Å²) in [4.78, 5) is 32.2. The van der Waals surface area contributed by atoms with Gasteiger partial charge in [0.05, 0.1) is 11.5 Å². The van der Waals surface area contributed by atoms with Crippen molar-refractivity contribution < 1.29 is 9.72 Å². The van der Waals surface area contributed by atoms with Crippen LogP contribution in [-0.4, -0.2) is 91.0 Å². The molecule has 2 fully saturated rings. The van der Waals surface area contributed by atoms with Gasteiger partial charge in [0.25, 0.3) is 5.69 Å². The lowest BCUT2D eigenvalue weighted by Crippen LogP contribution is -2.53. The van der Waals surface area contributed by atoms with E-state index in [1.54, 1.807) is 24.3 Å². The third kappa shape index (κ3) is 6.90. The maximum Gasteiger partial charge on any atom is 0.269 e. The van der Waals surface area contributed by atoms with Crippen LogP contribution in [-0.2, 0) is 4.79 Å². The molecule has 1 amide bonds. The van der Waals surface area contributed by atoms with Crippen LogP contribution in [0.2, 0.25) is 0 Å². The molecule has 8 nitrogen and oxygen atoms in total. The van der Waals surface area contributed by atoms with E-state index in [0.29, 0.717) is 6.54 Å². The van der Waals surface area contributed by atoms with Gasteiger partial charge >= 0.3 is 0 Å². The molecule has 0 N–H and O–H groups in total. The molecule has 0 radical (unpaired) electrons. The summed E-state index contributed by atoms with van der Waals surface area (Å²) in [5.41, 5.74) is 1.07. The predicted molar refractivity (Wildman–Crippen MR) is 128 cm³/mol. The summed E-state index contributed by atoms with van der Waals surface area (Å²) in [7, 11) is 1.99. The number of hydrogen-bond acceptors (Lipinski definition) is 6. The summed E-state index contributed by atoms with van der Waals surface area (Å²) in [6.07, 6.45) is 8.09. The first-order chi connectivity index (χ1) is 15.5. The van der Waals surface area contributed by atoms with Crippen molar-refractivity contribution in [2.45, 2.75) is 51.5 Å². The number of anilines is 1. The van der Waals surface area contributed by atoms with E-state index in [4.69, 9.17) is 0 Å². The van der Waals surface area contributed by atoms with Gasteiger partial charge in [0, 0.05) is 69.7 Å². The number of rotatable bonds is 9. The molecule has 0 unspecified atom stereocenters. The topological polar surface area (TPSA) is 73.2 Å². The Morgan fingerprint density at radius 1 is 1.03 bits per heavy atom. The fourth-order valence-electron chi connectivity index (χ4n) is 4.92. The average Bonchev–Trinajstić information content (AvgIpc) is 3.09. The number of likely N-dealkylation sites (N-methyl/N-ethyl adjacent to an activating group) is 2. The third-order valence-corrected chi connectivity index (χ3v) is 6.97. The number of amides is 1. The molecular formula is C24H39N5O3. The van der Waals surface area contributed by atoms with Gasteiger partial charge in [-0.25, -0.2) is 0 Å². The first kappa shape index (κ1) is 24.5. The van der Waals surface area contributed by atoms with Crippen molar-refractivity contribution in [3.63, 3.8) is 0 Å². The molecule has 1 aliphatic heterocycles. The maximum atomic E-state index is 12.8. The van der Waals surface area contributed by atoms with Crippen molar-refractivity contribution in [3.8, 4) is 0 Å². The van der Waals surface area contributed by atoms with E-state index >= 15 is 0 Å². The third-order valence-electron chi connectivity index (χ3n) is 6.97. The highest BCUT2D eigenvalue weighted by Crippen LogP contribution is 2.23. The Kier molecular flexibility index (Phi) is 9.29. The van der Waals surface area contributed by atoms with E-state index in [-0.39, 0.29) is 16.5 Å². The first-order valence-corrected chi connectivity index (χ1v) is 12.2. The zero-order chi connectivity index (χ0) is 22.9. The molecule has 1 saturated heterocycles. The Morgan fingerprint density at radius 3 is 2.22 bits per heavy atom. The minimum atomic E-state index is -0.379. The molecule has 0 atom stereocenters. The minimum Gasteiger partial charge on any atom is -0.371 e. The van der Waals surface area contributed by atoms with Gasteiger partial charge in [0.2, 0.25) is 5.91 Å². The van der Waals surface area contributed by atoms with Crippen molar-refractivity contribution in [2.75, 3.05) is 64.3 Å². The summed E-state index contributed by atoms with van der Waals surface area (Å²) in [5, 5.41) is 10.9. The zero-order valence-corrected chi connectivity index (χ0v) is 19.7. The number of benzene rings is 1. The van der Waals surface area contributed by atoms with Gasteiger partial charge < -0.3 is 9.80 Å².